The van der Waals surface area contributed by atoms with Crippen molar-refractivity contribution in [3.63, 3.8) is 0 Å². The van der Waals surface area contributed by atoms with E-state index in [1.54, 1.807) is 19.5 Å². The van der Waals surface area contributed by atoms with E-state index in [4.69, 9.17) is 19.8 Å². The van der Waals surface area contributed by atoms with Gasteiger partial charge in [-0.2, -0.15) is 5.10 Å². The van der Waals surface area contributed by atoms with Crippen molar-refractivity contribution in [1.29, 1.82) is 0 Å². The summed E-state index contributed by atoms with van der Waals surface area (Å²) in [5, 5.41) is 9.26. The number of rotatable bonds is 6. The van der Waals surface area contributed by atoms with E-state index >= 15 is 0 Å². The number of hydrogen-bond acceptors (Lipinski definition) is 7. The molecule has 1 unspecified atom stereocenters. The molecule has 4 aromatic rings. The summed E-state index contributed by atoms with van der Waals surface area (Å²) in [6.45, 7) is 4.78. The lowest BCUT2D eigenvalue weighted by Crippen LogP contribution is -2.24. The molecule has 5 rings (SSSR count). The highest BCUT2D eigenvalue weighted by Crippen LogP contribution is 2.25. The fourth-order valence-corrected chi connectivity index (χ4v) is 4.20. The number of methoxy groups -OCH3 is 1. The molecular formula is C24H27N7O. The number of aromatic nitrogens is 5. The van der Waals surface area contributed by atoms with Crippen molar-refractivity contribution in [2.75, 3.05) is 32.6 Å². The average molecular weight is 430 g/mol. The Labute approximate surface area is 187 Å². The van der Waals surface area contributed by atoms with Crippen molar-refractivity contribution < 1.29 is 4.74 Å². The Morgan fingerprint density at radius 3 is 2.75 bits per heavy atom. The highest BCUT2D eigenvalue weighted by molar-refractivity contribution is 5.83. The number of likely N-dealkylation sites (tertiary alicyclic amines) is 1. The van der Waals surface area contributed by atoms with Crippen LogP contribution in [0.2, 0.25) is 0 Å². The van der Waals surface area contributed by atoms with Gasteiger partial charge in [0.1, 0.15) is 11.6 Å². The van der Waals surface area contributed by atoms with Crippen LogP contribution in [0.1, 0.15) is 17.7 Å². The highest BCUT2D eigenvalue weighted by atomic mass is 16.5. The predicted octanol–water partition coefficient (Wildman–Crippen LogP) is 3.37. The van der Waals surface area contributed by atoms with Crippen LogP contribution in [0.4, 0.5) is 5.82 Å². The summed E-state index contributed by atoms with van der Waals surface area (Å²) in [7, 11) is 3.81. The predicted molar refractivity (Wildman–Crippen MR) is 125 cm³/mol. The van der Waals surface area contributed by atoms with Gasteiger partial charge in [-0.15, -0.1) is 0 Å². The van der Waals surface area contributed by atoms with E-state index < -0.39 is 0 Å². The number of hydrogen-bond donors (Lipinski definition) is 1. The number of likely N-dealkylation sites (N-methyl/N-ethyl adjacent to an activating group) is 1. The van der Waals surface area contributed by atoms with Gasteiger partial charge < -0.3 is 15.0 Å². The smallest absolute Gasteiger partial charge is 0.158 e. The first-order chi connectivity index (χ1) is 15.6. The van der Waals surface area contributed by atoms with Crippen LogP contribution < -0.4 is 10.1 Å². The average Bonchev–Trinajstić information content (AvgIpc) is 3.36. The van der Waals surface area contributed by atoms with Crippen molar-refractivity contribution in [1.82, 2.24) is 29.6 Å². The zero-order valence-corrected chi connectivity index (χ0v) is 18.6. The largest absolute Gasteiger partial charge is 0.497 e. The molecule has 0 spiro atoms. The number of ether oxygens (including phenoxy) is 1. The molecule has 8 heteroatoms. The first-order valence-electron chi connectivity index (χ1n) is 10.8. The molecule has 1 fully saturated rings. The van der Waals surface area contributed by atoms with Crippen LogP contribution in [-0.4, -0.2) is 62.9 Å². The van der Waals surface area contributed by atoms with Gasteiger partial charge in [-0.3, -0.25) is 4.98 Å². The normalized spacial score (nSPS) is 16.5. The summed E-state index contributed by atoms with van der Waals surface area (Å²) in [6, 6.07) is 10.5. The van der Waals surface area contributed by atoms with E-state index in [2.05, 4.69) is 28.3 Å². The molecule has 0 aliphatic carbocycles. The van der Waals surface area contributed by atoms with E-state index in [1.807, 2.05) is 42.1 Å². The summed E-state index contributed by atoms with van der Waals surface area (Å²) in [4.78, 5) is 16.2. The summed E-state index contributed by atoms with van der Waals surface area (Å²) >= 11 is 0. The molecule has 0 bridgehead atoms. The van der Waals surface area contributed by atoms with Crippen LogP contribution in [0.15, 0.2) is 48.9 Å². The number of fused-ring (bicyclic) bond motifs is 1. The summed E-state index contributed by atoms with van der Waals surface area (Å²) < 4.78 is 7.19. The SMILES string of the molecule is COc1ccc(Cn2nc(C)c3cc(-c4cncc(NC5CCN(C)C5)n4)cnc32)cc1. The molecule has 1 atom stereocenters. The Morgan fingerprint density at radius 2 is 2.00 bits per heavy atom. The minimum Gasteiger partial charge on any atom is -0.497 e. The Bertz CT molecular complexity index is 1240. The zero-order valence-electron chi connectivity index (χ0n) is 18.6. The van der Waals surface area contributed by atoms with Gasteiger partial charge in [0.25, 0.3) is 0 Å². The second kappa shape index (κ2) is 8.55. The molecule has 1 aromatic carbocycles. The molecule has 0 saturated carbocycles. The van der Waals surface area contributed by atoms with Crippen LogP contribution in [0.3, 0.4) is 0 Å². The van der Waals surface area contributed by atoms with Gasteiger partial charge in [-0.1, -0.05) is 12.1 Å². The maximum Gasteiger partial charge on any atom is 0.158 e. The van der Waals surface area contributed by atoms with Crippen molar-refractivity contribution >= 4 is 16.9 Å². The Balaban J connectivity index is 1.40. The molecule has 8 nitrogen and oxygen atoms in total. The van der Waals surface area contributed by atoms with Crippen LogP contribution >= 0.6 is 0 Å². The van der Waals surface area contributed by atoms with Gasteiger partial charge >= 0.3 is 0 Å². The van der Waals surface area contributed by atoms with Crippen molar-refractivity contribution in [2.45, 2.75) is 25.9 Å². The molecule has 1 aliphatic rings. The van der Waals surface area contributed by atoms with Crippen molar-refractivity contribution in [3.05, 3.63) is 60.2 Å². The monoisotopic (exact) mass is 429 g/mol. The lowest BCUT2D eigenvalue weighted by molar-refractivity contribution is 0.414. The molecule has 1 aliphatic heterocycles. The van der Waals surface area contributed by atoms with Crippen LogP contribution in [0.25, 0.3) is 22.3 Å². The molecule has 164 valence electrons. The van der Waals surface area contributed by atoms with Crippen LogP contribution in [0.5, 0.6) is 5.75 Å². The van der Waals surface area contributed by atoms with Gasteiger partial charge in [-0.05, 0) is 50.7 Å². The number of aryl methyl sites for hydroxylation is 1. The second-order valence-electron chi connectivity index (χ2n) is 8.37. The fraction of sp³-hybridized carbons (Fsp3) is 0.333. The number of pyridine rings is 1. The van der Waals surface area contributed by atoms with Gasteiger partial charge in [0.05, 0.1) is 37.4 Å². The first-order valence-corrected chi connectivity index (χ1v) is 10.8. The molecule has 4 heterocycles. The van der Waals surface area contributed by atoms with Crippen molar-refractivity contribution in [2.24, 2.45) is 0 Å². The summed E-state index contributed by atoms with van der Waals surface area (Å²) in [6.07, 6.45) is 6.53. The number of nitrogens with one attached hydrogen (secondary N) is 1. The minimum atomic E-state index is 0.406. The van der Waals surface area contributed by atoms with Crippen molar-refractivity contribution in [3.8, 4) is 17.0 Å². The lowest BCUT2D eigenvalue weighted by atomic mass is 10.1. The second-order valence-corrected chi connectivity index (χ2v) is 8.37. The van der Waals surface area contributed by atoms with E-state index in [-0.39, 0.29) is 0 Å². The lowest BCUT2D eigenvalue weighted by Gasteiger charge is -2.13. The zero-order chi connectivity index (χ0) is 22.1. The van der Waals surface area contributed by atoms with Crippen LogP contribution in [-0.2, 0) is 6.54 Å². The maximum atomic E-state index is 5.25. The van der Waals surface area contributed by atoms with E-state index in [0.717, 1.165) is 64.6 Å². The highest BCUT2D eigenvalue weighted by Gasteiger charge is 2.20. The molecule has 32 heavy (non-hydrogen) atoms. The standard InChI is InChI=1S/C24H27N7O/c1-16-21-10-18(22-12-25-13-23(28-22)27-19-8-9-30(2)15-19)11-26-24(21)31(29-16)14-17-4-6-20(32-3)7-5-17/h4-7,10-13,19H,8-9,14-15H2,1-3H3,(H,27,28). The fourth-order valence-electron chi connectivity index (χ4n) is 4.20. The molecular weight excluding hydrogens is 402 g/mol. The van der Waals surface area contributed by atoms with E-state index in [0.29, 0.717) is 12.6 Å². The van der Waals surface area contributed by atoms with E-state index in [1.165, 1.54) is 0 Å². The third-order valence-corrected chi connectivity index (χ3v) is 5.94. The molecule has 0 radical (unpaired) electrons. The van der Waals surface area contributed by atoms with Gasteiger partial charge in [0.15, 0.2) is 5.65 Å². The number of anilines is 1. The third kappa shape index (κ3) is 4.13. The summed E-state index contributed by atoms with van der Waals surface area (Å²) in [5.41, 5.74) is 4.68. The van der Waals surface area contributed by atoms with Crippen LogP contribution in [0, 0.1) is 6.92 Å². The van der Waals surface area contributed by atoms with Gasteiger partial charge in [0, 0.05) is 29.7 Å². The quantitative estimate of drug-likeness (QED) is 0.503. The molecule has 0 amide bonds. The Kier molecular flexibility index (Phi) is 5.45. The molecule has 1 N–H and O–H groups in total. The molecule has 1 saturated heterocycles. The summed E-state index contributed by atoms with van der Waals surface area (Å²) in [5.74, 6) is 1.64. The molecule has 3 aromatic heterocycles. The van der Waals surface area contributed by atoms with E-state index in [9.17, 15) is 0 Å². The Morgan fingerprint density at radius 1 is 1.16 bits per heavy atom. The van der Waals surface area contributed by atoms with Gasteiger partial charge in [-0.25, -0.2) is 14.6 Å². The minimum absolute atomic E-state index is 0.406. The third-order valence-electron chi connectivity index (χ3n) is 5.94. The number of nitrogens with zero attached hydrogens (tertiary/aromatic N) is 6. The topological polar surface area (TPSA) is 81.0 Å². The first kappa shape index (κ1) is 20.4. The maximum absolute atomic E-state index is 5.25. The number of benzene rings is 1. The Hall–Kier alpha value is -3.52. The van der Waals surface area contributed by atoms with Gasteiger partial charge in [0.2, 0.25) is 0 Å².